The predicted octanol–water partition coefficient (Wildman–Crippen LogP) is 10.6. The van der Waals surface area contributed by atoms with Gasteiger partial charge in [0.15, 0.2) is 23.0 Å². The summed E-state index contributed by atoms with van der Waals surface area (Å²) in [4.78, 5) is 26.2. The minimum atomic E-state index is -0.717. The van der Waals surface area contributed by atoms with E-state index in [0.29, 0.717) is 94.2 Å². The number of nitrogens with two attached hydrogens (primary N) is 2. The molecule has 0 radical (unpaired) electrons. The Labute approximate surface area is 466 Å². The van der Waals surface area contributed by atoms with E-state index in [2.05, 4.69) is 67.5 Å². The summed E-state index contributed by atoms with van der Waals surface area (Å²) in [5.74, 6) is 5.14. The van der Waals surface area contributed by atoms with Crippen molar-refractivity contribution in [3.63, 3.8) is 0 Å². The summed E-state index contributed by atoms with van der Waals surface area (Å²) in [5, 5.41) is 22.2. The molecule has 0 amide bonds. The maximum absolute atomic E-state index is 13.1. The molecule has 6 N–H and O–H groups in total. The first-order valence-corrected chi connectivity index (χ1v) is 29.5. The molecule has 0 aliphatic carbocycles. The third-order valence-electron chi connectivity index (χ3n) is 16.2. The number of Topliss-reactive ketones (excluding diaryl/α,β-unsaturated/α-hetero) is 2. The third kappa shape index (κ3) is 25.3. The summed E-state index contributed by atoms with van der Waals surface area (Å²) in [6, 6.07) is 11.4. The highest BCUT2D eigenvalue weighted by molar-refractivity contribution is 5.81. The zero-order chi connectivity index (χ0) is 56.9. The van der Waals surface area contributed by atoms with Gasteiger partial charge in [-0.05, 0) is 154 Å². The monoisotopic (exact) mass is 1080 g/mol. The fourth-order valence-electron chi connectivity index (χ4n) is 10.8. The first-order valence-electron chi connectivity index (χ1n) is 29.5. The number of carbonyl (C=O) groups excluding carboxylic acids is 2. The zero-order valence-corrected chi connectivity index (χ0v) is 49.9. The van der Waals surface area contributed by atoms with Gasteiger partial charge in [-0.1, -0.05) is 67.5 Å². The number of methoxy groups -OCH3 is 4. The average Bonchev–Trinajstić information content (AvgIpc) is 3.94. The molecule has 2 aromatic rings. The van der Waals surface area contributed by atoms with Crippen molar-refractivity contribution in [2.45, 2.75) is 189 Å². The van der Waals surface area contributed by atoms with E-state index in [1.165, 1.54) is 0 Å². The van der Waals surface area contributed by atoms with Gasteiger partial charge in [-0.25, -0.2) is 0 Å². The van der Waals surface area contributed by atoms with Crippen molar-refractivity contribution in [1.82, 2.24) is 0 Å². The lowest BCUT2D eigenvalue weighted by molar-refractivity contribution is -0.126. The third-order valence-corrected chi connectivity index (χ3v) is 16.2. The maximum Gasteiger partial charge on any atom is 0.161 e. The highest BCUT2D eigenvalue weighted by atomic mass is 16.5. The molecule has 2 aliphatic rings. The van der Waals surface area contributed by atoms with E-state index in [-0.39, 0.29) is 59.2 Å². The van der Waals surface area contributed by atoms with E-state index < -0.39 is 18.2 Å². The van der Waals surface area contributed by atoms with Crippen molar-refractivity contribution >= 4 is 11.6 Å². The van der Waals surface area contributed by atoms with Crippen molar-refractivity contribution in [3.8, 4) is 23.0 Å². The SMILES string of the molecule is COCCCOc1cc(C[C@@H](C[C@H](N)[C@@H](O)C[C@H](C(=O)CC[C@@H]2CCCOC2)C(C)C)C(C)C)ccc1OC.COCCCOc1cc(C[C@@H](C[C@H](N)[C@@H](O)C[C@H](C(=O)CC[C@H]2CCCO2)C(C)C)C(C)C)ccc1OC. The summed E-state index contributed by atoms with van der Waals surface area (Å²) in [6.07, 6.45) is 11.3. The van der Waals surface area contributed by atoms with E-state index in [1.807, 2.05) is 24.3 Å². The molecular formula is C63H108N2O12. The molecule has 442 valence electrons. The first kappa shape index (κ1) is 67.9. The molecule has 4 rings (SSSR count). The Kier molecular flexibility index (Phi) is 33.1. The van der Waals surface area contributed by atoms with E-state index in [0.717, 1.165) is 107 Å². The molecule has 77 heavy (non-hydrogen) atoms. The molecule has 0 aromatic heterocycles. The molecule has 0 saturated carbocycles. The van der Waals surface area contributed by atoms with Crippen molar-refractivity contribution in [3.05, 3.63) is 47.5 Å². The average molecular weight is 1090 g/mol. The largest absolute Gasteiger partial charge is 0.493 e. The molecule has 2 aliphatic heterocycles. The summed E-state index contributed by atoms with van der Waals surface area (Å²) >= 11 is 0. The van der Waals surface area contributed by atoms with Crippen LogP contribution in [0.3, 0.4) is 0 Å². The van der Waals surface area contributed by atoms with Crippen LogP contribution in [0, 0.1) is 53.3 Å². The van der Waals surface area contributed by atoms with Gasteiger partial charge < -0.3 is 59.6 Å². The van der Waals surface area contributed by atoms with Gasteiger partial charge in [-0.2, -0.15) is 0 Å². The molecule has 14 nitrogen and oxygen atoms in total. The number of carbonyl (C=O) groups is 2. The summed E-state index contributed by atoms with van der Waals surface area (Å²) in [6.45, 7) is 21.9. The van der Waals surface area contributed by atoms with Gasteiger partial charge in [0.1, 0.15) is 11.6 Å². The Hall–Kier alpha value is -3.34. The molecule has 2 aromatic carbocycles. The van der Waals surface area contributed by atoms with Crippen LogP contribution in [0.15, 0.2) is 36.4 Å². The number of ether oxygens (including phenoxy) is 8. The van der Waals surface area contributed by atoms with Crippen LogP contribution in [0.1, 0.15) is 156 Å². The topological polar surface area (TPSA) is 200 Å². The van der Waals surface area contributed by atoms with Crippen LogP contribution < -0.4 is 30.4 Å². The first-order chi connectivity index (χ1) is 36.8. The second kappa shape index (κ2) is 37.6. The smallest absolute Gasteiger partial charge is 0.161 e. The molecule has 2 heterocycles. The Bertz CT molecular complexity index is 1900. The highest BCUT2D eigenvalue weighted by Crippen LogP contribution is 2.35. The fourth-order valence-corrected chi connectivity index (χ4v) is 10.8. The fraction of sp³-hybridized carbons (Fsp3) is 0.778. The standard InChI is InChI=1S/C32H55NO6.C31H53NO6/c1-22(2)26(17-25-11-13-31(37-6)32(18-25)39-16-8-14-36-5)19-28(33)30(35)20-27(23(3)4)29(34)12-10-24-9-7-15-38-21-24;1-21(2)24(17-23-10-13-30(36-6)31(18-23)38-16-8-14-35-5)19-27(32)29(34)20-26(22(3)4)28(33)12-11-25-9-7-15-37-25/h11,13,18,22-24,26-28,30,35H,7-10,12,14-17,19-21,33H2,1-6H3;10,13,18,21-22,24-27,29,34H,7-9,11-12,14-17,19-20,32H2,1-6H3/t24-,26-,27-,28-,30-;24-,25+,26-,27-,29-/m00/s1. The summed E-state index contributed by atoms with van der Waals surface area (Å²) in [7, 11) is 6.66. The van der Waals surface area contributed by atoms with Gasteiger partial charge >= 0.3 is 0 Å². The Morgan fingerprint density at radius 2 is 1.04 bits per heavy atom. The predicted molar refractivity (Wildman–Crippen MR) is 308 cm³/mol. The number of aliphatic hydroxyl groups excluding tert-OH is 2. The van der Waals surface area contributed by atoms with Crippen LogP contribution in [0.4, 0.5) is 0 Å². The quantitative estimate of drug-likeness (QED) is 0.0463. The molecule has 0 unspecified atom stereocenters. The van der Waals surface area contributed by atoms with E-state index in [9.17, 15) is 19.8 Å². The summed E-state index contributed by atoms with van der Waals surface area (Å²) < 4.78 is 44.4. The number of benzene rings is 2. The minimum absolute atomic E-state index is 0.163. The van der Waals surface area contributed by atoms with Gasteiger partial charge in [-0.15, -0.1) is 0 Å². The van der Waals surface area contributed by atoms with Crippen LogP contribution in [0.5, 0.6) is 23.0 Å². The molecular weight excluding hydrogens is 977 g/mol. The molecule has 14 heteroatoms. The normalized spacial score (nSPS) is 19.0. The number of hydrogen-bond donors (Lipinski definition) is 4. The molecule has 2 saturated heterocycles. The second-order valence-corrected chi connectivity index (χ2v) is 23.6. The van der Waals surface area contributed by atoms with Crippen LogP contribution in [-0.4, -0.2) is 127 Å². The van der Waals surface area contributed by atoms with Gasteiger partial charge in [0, 0.05) is 96.9 Å². The Morgan fingerprint density at radius 3 is 1.42 bits per heavy atom. The van der Waals surface area contributed by atoms with Gasteiger partial charge in [0.05, 0.1) is 45.7 Å². The van der Waals surface area contributed by atoms with Crippen molar-refractivity contribution in [2.75, 3.05) is 74.7 Å². The maximum atomic E-state index is 13.1. The molecule has 2 fully saturated rings. The van der Waals surface area contributed by atoms with Crippen LogP contribution in [-0.2, 0) is 41.4 Å². The van der Waals surface area contributed by atoms with Crippen LogP contribution >= 0.6 is 0 Å². The zero-order valence-electron chi connectivity index (χ0n) is 49.9. The molecule has 10 atom stereocenters. The Morgan fingerprint density at radius 1 is 0.584 bits per heavy atom. The van der Waals surface area contributed by atoms with Crippen molar-refractivity contribution < 1.29 is 57.7 Å². The van der Waals surface area contributed by atoms with Crippen molar-refractivity contribution in [2.24, 2.45) is 64.7 Å². The number of aliphatic hydroxyl groups is 2. The second-order valence-electron chi connectivity index (χ2n) is 23.6. The van der Waals surface area contributed by atoms with Crippen LogP contribution in [0.25, 0.3) is 0 Å². The van der Waals surface area contributed by atoms with Gasteiger partial charge in [0.2, 0.25) is 0 Å². The summed E-state index contributed by atoms with van der Waals surface area (Å²) in [5.41, 5.74) is 15.5. The lowest BCUT2D eigenvalue weighted by Gasteiger charge is -2.30. The minimum Gasteiger partial charge on any atom is -0.493 e. The number of ketones is 2. The number of rotatable bonds is 38. The van der Waals surface area contributed by atoms with Crippen LogP contribution in [0.2, 0.25) is 0 Å². The van der Waals surface area contributed by atoms with Gasteiger partial charge in [-0.3, -0.25) is 9.59 Å². The number of hydrogen-bond acceptors (Lipinski definition) is 14. The lowest BCUT2D eigenvalue weighted by atomic mass is 9.79. The Balaban J connectivity index is 0.000000405. The van der Waals surface area contributed by atoms with Crippen molar-refractivity contribution in [1.29, 1.82) is 0 Å². The molecule has 0 spiro atoms. The van der Waals surface area contributed by atoms with Gasteiger partial charge in [0.25, 0.3) is 0 Å². The van der Waals surface area contributed by atoms with E-state index in [1.54, 1.807) is 28.4 Å². The van der Waals surface area contributed by atoms with E-state index in [4.69, 9.17) is 49.4 Å². The molecule has 0 bridgehead atoms. The van der Waals surface area contributed by atoms with E-state index >= 15 is 0 Å². The lowest BCUT2D eigenvalue weighted by Crippen LogP contribution is -2.40. The highest BCUT2D eigenvalue weighted by Gasteiger charge is 2.32.